The average Bonchev–Trinajstić information content (AvgIpc) is 2.91. The third-order valence-electron chi connectivity index (χ3n) is 3.81. The number of aromatic nitrogens is 1. The summed E-state index contributed by atoms with van der Waals surface area (Å²) >= 11 is 0. The van der Waals surface area contributed by atoms with E-state index in [0.717, 1.165) is 4.90 Å². The van der Waals surface area contributed by atoms with Crippen LogP contribution in [-0.4, -0.2) is 53.1 Å². The molecule has 2 heterocycles. The molecule has 0 saturated carbocycles. The molecule has 1 aromatic carbocycles. The number of fused-ring (bicyclic) bond motifs is 1. The van der Waals surface area contributed by atoms with Crippen LogP contribution >= 0.6 is 0 Å². The zero-order chi connectivity index (χ0) is 18.5. The molecule has 0 saturated heterocycles. The van der Waals surface area contributed by atoms with Crippen LogP contribution in [0.25, 0.3) is 0 Å². The topological polar surface area (TPSA) is 108 Å². The molecule has 0 atom stereocenters. The maximum absolute atomic E-state index is 12.2. The molecule has 2 aromatic rings. The number of amides is 4. The Kier molecular flexibility index (Phi) is 5.02. The van der Waals surface area contributed by atoms with Gasteiger partial charge < -0.3 is 10.6 Å². The highest BCUT2D eigenvalue weighted by molar-refractivity contribution is 6.22. The van der Waals surface area contributed by atoms with Crippen molar-refractivity contribution >= 4 is 23.6 Å². The van der Waals surface area contributed by atoms with Crippen molar-refractivity contribution < 1.29 is 19.2 Å². The number of pyridine rings is 1. The van der Waals surface area contributed by atoms with Crippen molar-refractivity contribution in [2.24, 2.45) is 0 Å². The normalized spacial score (nSPS) is 12.7. The molecule has 8 nitrogen and oxygen atoms in total. The van der Waals surface area contributed by atoms with Crippen molar-refractivity contribution in [3.05, 3.63) is 65.5 Å². The van der Waals surface area contributed by atoms with Crippen molar-refractivity contribution in [2.45, 2.75) is 0 Å². The quantitative estimate of drug-likeness (QED) is 0.571. The predicted molar refractivity (Wildman–Crippen MR) is 91.4 cm³/mol. The van der Waals surface area contributed by atoms with Gasteiger partial charge in [-0.2, -0.15) is 0 Å². The van der Waals surface area contributed by atoms with Gasteiger partial charge in [-0.3, -0.25) is 29.1 Å². The lowest BCUT2D eigenvalue weighted by molar-refractivity contribution is -0.121. The Bertz CT molecular complexity index is 832. The number of hydrogen-bond donors (Lipinski definition) is 2. The summed E-state index contributed by atoms with van der Waals surface area (Å²) in [5, 5.41) is 5.18. The average molecular weight is 352 g/mol. The molecular weight excluding hydrogens is 336 g/mol. The zero-order valence-electron chi connectivity index (χ0n) is 13.8. The lowest BCUT2D eigenvalue weighted by Gasteiger charge is -2.13. The Morgan fingerprint density at radius 1 is 0.885 bits per heavy atom. The second-order valence-electron chi connectivity index (χ2n) is 5.56. The molecule has 26 heavy (non-hydrogen) atoms. The summed E-state index contributed by atoms with van der Waals surface area (Å²) in [4.78, 5) is 53.0. The van der Waals surface area contributed by atoms with Gasteiger partial charge in [-0.05, 0) is 24.3 Å². The first-order valence-corrected chi connectivity index (χ1v) is 7.99. The smallest absolute Gasteiger partial charge is 0.269 e. The van der Waals surface area contributed by atoms with E-state index < -0.39 is 17.7 Å². The van der Waals surface area contributed by atoms with E-state index in [-0.39, 0.29) is 31.2 Å². The molecule has 0 spiro atoms. The summed E-state index contributed by atoms with van der Waals surface area (Å²) in [7, 11) is 0. The van der Waals surface area contributed by atoms with Gasteiger partial charge in [-0.25, -0.2) is 0 Å². The molecule has 1 aliphatic rings. The number of benzene rings is 1. The van der Waals surface area contributed by atoms with Gasteiger partial charge in [0.25, 0.3) is 17.7 Å². The fraction of sp³-hybridized carbons (Fsp3) is 0.167. The maximum Gasteiger partial charge on any atom is 0.269 e. The molecule has 4 amide bonds. The van der Waals surface area contributed by atoms with Crippen LogP contribution in [0.4, 0.5) is 0 Å². The first kappa shape index (κ1) is 17.3. The molecule has 0 bridgehead atoms. The fourth-order valence-corrected chi connectivity index (χ4v) is 2.55. The number of nitrogens with one attached hydrogen (secondary N) is 2. The predicted octanol–water partition coefficient (Wildman–Crippen LogP) is 0.224. The Hall–Kier alpha value is -3.55. The summed E-state index contributed by atoms with van der Waals surface area (Å²) in [6.45, 7) is 0.00434. The first-order valence-electron chi connectivity index (χ1n) is 7.99. The van der Waals surface area contributed by atoms with Crippen LogP contribution < -0.4 is 10.6 Å². The van der Waals surface area contributed by atoms with Crippen molar-refractivity contribution in [2.75, 3.05) is 19.6 Å². The van der Waals surface area contributed by atoms with E-state index in [0.29, 0.717) is 11.1 Å². The molecule has 1 aliphatic heterocycles. The van der Waals surface area contributed by atoms with Crippen LogP contribution in [0.2, 0.25) is 0 Å². The molecule has 0 fully saturated rings. The summed E-state index contributed by atoms with van der Waals surface area (Å²) in [5.41, 5.74) is 0.880. The minimum absolute atomic E-state index is 0.167. The van der Waals surface area contributed by atoms with Crippen LogP contribution in [0.5, 0.6) is 0 Å². The molecule has 1 aromatic heterocycles. The summed E-state index contributed by atoms with van der Waals surface area (Å²) in [5.74, 6) is -1.79. The highest BCUT2D eigenvalue weighted by Crippen LogP contribution is 2.21. The van der Waals surface area contributed by atoms with E-state index in [1.54, 1.807) is 42.5 Å². The molecule has 2 N–H and O–H groups in total. The minimum atomic E-state index is -0.482. The highest BCUT2D eigenvalue weighted by Gasteiger charge is 2.36. The summed E-state index contributed by atoms with van der Waals surface area (Å²) < 4.78 is 0. The van der Waals surface area contributed by atoms with E-state index in [2.05, 4.69) is 15.6 Å². The van der Waals surface area contributed by atoms with Gasteiger partial charge >= 0.3 is 0 Å². The van der Waals surface area contributed by atoms with Crippen LogP contribution in [0.3, 0.4) is 0 Å². The molecule has 0 aliphatic carbocycles. The molecule has 0 radical (unpaired) electrons. The van der Waals surface area contributed by atoms with Crippen LogP contribution in [0.1, 0.15) is 31.2 Å². The summed E-state index contributed by atoms with van der Waals surface area (Å²) in [6.07, 6.45) is 1.51. The van der Waals surface area contributed by atoms with Gasteiger partial charge in [0, 0.05) is 19.3 Å². The molecular formula is C18H16N4O4. The number of rotatable bonds is 6. The Balaban J connectivity index is 1.45. The monoisotopic (exact) mass is 352 g/mol. The standard InChI is InChI=1S/C18H16N4O4/c23-15(20-9-10-21-16(24)14-7-3-4-8-19-14)11-22-17(25)12-5-1-2-6-13(12)18(22)26/h1-8H,9-11H2,(H,20,23)(H,21,24). The van der Waals surface area contributed by atoms with Gasteiger partial charge in [-0.15, -0.1) is 0 Å². The van der Waals surface area contributed by atoms with Crippen molar-refractivity contribution in [3.63, 3.8) is 0 Å². The first-order chi connectivity index (χ1) is 12.6. The van der Waals surface area contributed by atoms with E-state index in [1.165, 1.54) is 6.20 Å². The van der Waals surface area contributed by atoms with Gasteiger partial charge in [-0.1, -0.05) is 18.2 Å². The Morgan fingerprint density at radius 3 is 2.12 bits per heavy atom. The van der Waals surface area contributed by atoms with Crippen LogP contribution in [0, 0.1) is 0 Å². The molecule has 132 valence electrons. The van der Waals surface area contributed by atoms with Gasteiger partial charge in [0.05, 0.1) is 11.1 Å². The molecule has 8 heteroatoms. The largest absolute Gasteiger partial charge is 0.353 e. The van der Waals surface area contributed by atoms with Gasteiger partial charge in [0.1, 0.15) is 12.2 Å². The maximum atomic E-state index is 12.2. The van der Waals surface area contributed by atoms with Crippen molar-refractivity contribution in [1.82, 2.24) is 20.5 Å². The second kappa shape index (κ2) is 7.56. The van der Waals surface area contributed by atoms with E-state index in [4.69, 9.17) is 0 Å². The fourth-order valence-electron chi connectivity index (χ4n) is 2.55. The lowest BCUT2D eigenvalue weighted by atomic mass is 10.1. The van der Waals surface area contributed by atoms with E-state index in [1.807, 2.05) is 0 Å². The number of carbonyl (C=O) groups is 4. The molecule has 0 unspecified atom stereocenters. The van der Waals surface area contributed by atoms with Crippen molar-refractivity contribution in [1.29, 1.82) is 0 Å². The number of carbonyl (C=O) groups excluding carboxylic acids is 4. The second-order valence-corrected chi connectivity index (χ2v) is 5.56. The van der Waals surface area contributed by atoms with Crippen molar-refractivity contribution in [3.8, 4) is 0 Å². The Morgan fingerprint density at radius 2 is 1.50 bits per heavy atom. The van der Waals surface area contributed by atoms with Crippen LogP contribution in [0.15, 0.2) is 48.7 Å². The van der Waals surface area contributed by atoms with E-state index in [9.17, 15) is 19.2 Å². The summed E-state index contributed by atoms with van der Waals surface area (Å²) in [6, 6.07) is 11.4. The van der Waals surface area contributed by atoms with Gasteiger partial charge in [0.2, 0.25) is 5.91 Å². The zero-order valence-corrected chi connectivity index (χ0v) is 13.8. The highest BCUT2D eigenvalue weighted by atomic mass is 16.2. The lowest BCUT2D eigenvalue weighted by Crippen LogP contribution is -2.42. The number of nitrogens with zero attached hydrogens (tertiary/aromatic N) is 2. The molecule has 3 rings (SSSR count). The van der Waals surface area contributed by atoms with Gasteiger partial charge in [0.15, 0.2) is 0 Å². The SMILES string of the molecule is O=C(CN1C(=O)c2ccccc2C1=O)NCCNC(=O)c1ccccn1. The minimum Gasteiger partial charge on any atom is -0.353 e. The Labute approximate surface area is 149 Å². The number of hydrogen-bond acceptors (Lipinski definition) is 5. The van der Waals surface area contributed by atoms with E-state index >= 15 is 0 Å². The third kappa shape index (κ3) is 3.59. The van der Waals surface area contributed by atoms with Crippen LogP contribution in [-0.2, 0) is 4.79 Å². The third-order valence-corrected chi connectivity index (χ3v) is 3.81. The number of imide groups is 1.